The summed E-state index contributed by atoms with van der Waals surface area (Å²) in [7, 11) is 0. The number of carbonyl (C=O) groups excluding carboxylic acids is 4. The molecule has 0 aromatic heterocycles. The topological polar surface area (TPSA) is 188 Å². The Morgan fingerprint density at radius 2 is 1.08 bits per heavy atom. The number of alkyl carbamates (subject to hydrolysis) is 2. The van der Waals surface area contributed by atoms with Crippen molar-refractivity contribution in [3.05, 3.63) is 172 Å². The third-order valence-corrected chi connectivity index (χ3v) is 9.72. The molecule has 13 nitrogen and oxygen atoms in total. The maximum atomic E-state index is 14.4. The van der Waals surface area contributed by atoms with Gasteiger partial charge in [-0.25, -0.2) is 14.6 Å². The summed E-state index contributed by atoms with van der Waals surface area (Å²) >= 11 is 0. The van der Waals surface area contributed by atoms with Gasteiger partial charge in [0.05, 0.1) is 12.1 Å². The average Bonchev–Trinajstić information content (AvgIpc) is 3.25. The normalized spacial score (nSPS) is 12.2. The second kappa shape index (κ2) is 22.2. The maximum Gasteiger partial charge on any atom is 0.414 e. The Hall–Kier alpha value is -6.99. The third-order valence-electron chi connectivity index (χ3n) is 9.72. The molecule has 0 unspecified atom stereocenters. The largest absolute Gasteiger partial charge is 0.489 e. The number of amides is 4. The van der Waals surface area contributed by atoms with Crippen LogP contribution in [0.5, 0.6) is 5.75 Å². The molecule has 0 saturated heterocycles. The highest BCUT2D eigenvalue weighted by Crippen LogP contribution is 2.25. The van der Waals surface area contributed by atoms with Crippen LogP contribution in [0, 0.1) is 13.8 Å². The predicted octanol–water partition coefficient (Wildman–Crippen LogP) is 6.27. The molecule has 0 aliphatic heterocycles. The molecular formula is C47H52N6O7. The van der Waals surface area contributed by atoms with Gasteiger partial charge in [0.1, 0.15) is 31.6 Å². The van der Waals surface area contributed by atoms with Gasteiger partial charge in [0, 0.05) is 6.54 Å². The van der Waals surface area contributed by atoms with Gasteiger partial charge in [-0.2, -0.15) is 0 Å². The minimum Gasteiger partial charge on any atom is -0.489 e. The molecule has 13 heteroatoms. The van der Waals surface area contributed by atoms with Gasteiger partial charge in [-0.1, -0.05) is 121 Å². The van der Waals surface area contributed by atoms with Crippen molar-refractivity contribution < 1.29 is 33.4 Å². The Labute approximate surface area is 350 Å². The number of primary amides is 1. The van der Waals surface area contributed by atoms with Gasteiger partial charge in [-0.3, -0.25) is 20.2 Å². The van der Waals surface area contributed by atoms with Gasteiger partial charge in [-0.05, 0) is 84.7 Å². The lowest BCUT2D eigenvalue weighted by Crippen LogP contribution is -2.55. The van der Waals surface area contributed by atoms with Crippen LogP contribution in [0.4, 0.5) is 9.59 Å². The number of hydrogen-bond acceptors (Lipinski definition) is 9. The third kappa shape index (κ3) is 13.8. The van der Waals surface area contributed by atoms with Crippen LogP contribution in [0.3, 0.4) is 0 Å². The van der Waals surface area contributed by atoms with Gasteiger partial charge in [0.25, 0.3) is 0 Å². The van der Waals surface area contributed by atoms with E-state index in [1.165, 1.54) is 11.8 Å². The minimum absolute atomic E-state index is 0.0511. The van der Waals surface area contributed by atoms with Gasteiger partial charge in [0.2, 0.25) is 17.8 Å². The van der Waals surface area contributed by atoms with Crippen molar-refractivity contribution in [2.45, 2.75) is 71.6 Å². The summed E-state index contributed by atoms with van der Waals surface area (Å²) in [6, 6.07) is 38.1. The summed E-state index contributed by atoms with van der Waals surface area (Å²) in [5.41, 5.74) is 18.5. The van der Waals surface area contributed by atoms with Crippen molar-refractivity contribution in [2.24, 2.45) is 16.5 Å². The lowest BCUT2D eigenvalue weighted by Gasteiger charge is -2.32. The van der Waals surface area contributed by atoms with Crippen LogP contribution in [-0.4, -0.2) is 59.5 Å². The monoisotopic (exact) mass is 812 g/mol. The summed E-state index contributed by atoms with van der Waals surface area (Å²) in [5, 5.41) is 5.05. The maximum absolute atomic E-state index is 14.4. The first-order valence-corrected chi connectivity index (χ1v) is 19.6. The molecule has 0 heterocycles. The highest BCUT2D eigenvalue weighted by Gasteiger charge is 2.32. The number of carbonyl (C=O) groups is 4. The summed E-state index contributed by atoms with van der Waals surface area (Å²) in [6.45, 7) is 5.52. The van der Waals surface area contributed by atoms with Crippen LogP contribution in [0.15, 0.2) is 138 Å². The van der Waals surface area contributed by atoms with Crippen molar-refractivity contribution in [1.82, 2.24) is 15.5 Å². The second-order valence-corrected chi connectivity index (χ2v) is 14.4. The molecule has 0 bridgehead atoms. The number of hydrogen-bond donors (Lipinski definition) is 4. The molecule has 5 aromatic carbocycles. The van der Waals surface area contributed by atoms with Crippen LogP contribution in [0.25, 0.3) is 0 Å². The summed E-state index contributed by atoms with van der Waals surface area (Å²) < 4.78 is 16.9. The van der Waals surface area contributed by atoms with Crippen LogP contribution in [0.1, 0.15) is 45.9 Å². The molecule has 3 atom stereocenters. The van der Waals surface area contributed by atoms with Gasteiger partial charge in [-0.15, -0.1) is 0 Å². The van der Waals surface area contributed by atoms with Crippen LogP contribution in [-0.2, 0) is 51.7 Å². The zero-order chi connectivity index (χ0) is 42.9. The summed E-state index contributed by atoms with van der Waals surface area (Å²) in [4.78, 5) is 59.4. The summed E-state index contributed by atoms with van der Waals surface area (Å²) in [6.07, 6.45) is -1.41. The molecule has 0 saturated carbocycles. The Kier molecular flexibility index (Phi) is 16.4. The fourth-order valence-corrected chi connectivity index (χ4v) is 6.47. The molecule has 0 aliphatic rings. The Morgan fingerprint density at radius 3 is 1.53 bits per heavy atom. The van der Waals surface area contributed by atoms with E-state index in [0.717, 1.165) is 38.9 Å². The second-order valence-electron chi connectivity index (χ2n) is 14.4. The number of nitrogens with two attached hydrogens (primary N) is 2. The number of benzene rings is 5. The first-order chi connectivity index (χ1) is 28.9. The molecule has 0 aliphatic carbocycles. The number of nitrogens with zero attached hydrogens (tertiary/aromatic N) is 2. The van der Waals surface area contributed by atoms with Crippen molar-refractivity contribution >= 4 is 30.0 Å². The number of ether oxygens (including phenoxy) is 3. The van der Waals surface area contributed by atoms with E-state index in [4.69, 9.17) is 30.7 Å². The molecule has 0 radical (unpaired) electrons. The van der Waals surface area contributed by atoms with Gasteiger partial charge in [0.15, 0.2) is 0 Å². The van der Waals surface area contributed by atoms with Crippen LogP contribution >= 0.6 is 0 Å². The molecule has 4 amide bonds. The molecule has 5 rings (SSSR count). The van der Waals surface area contributed by atoms with Crippen molar-refractivity contribution in [3.8, 4) is 5.75 Å². The van der Waals surface area contributed by atoms with Crippen molar-refractivity contribution in [1.29, 1.82) is 0 Å². The average molecular weight is 813 g/mol. The fourth-order valence-electron chi connectivity index (χ4n) is 6.47. The smallest absolute Gasteiger partial charge is 0.414 e. The van der Waals surface area contributed by atoms with E-state index < -0.39 is 42.1 Å². The van der Waals surface area contributed by atoms with E-state index in [1.54, 1.807) is 24.3 Å². The zero-order valence-electron chi connectivity index (χ0n) is 34.1. The minimum atomic E-state index is -1.09. The van der Waals surface area contributed by atoms with Crippen LogP contribution < -0.4 is 26.8 Å². The molecule has 312 valence electrons. The molecule has 0 fully saturated rings. The van der Waals surface area contributed by atoms with E-state index in [1.807, 2.05) is 123 Å². The Bertz CT molecular complexity index is 2120. The van der Waals surface area contributed by atoms with E-state index in [2.05, 4.69) is 10.6 Å². The number of aryl methyl sites for hydroxylation is 2. The van der Waals surface area contributed by atoms with Crippen LogP contribution in [0.2, 0.25) is 0 Å². The highest BCUT2D eigenvalue weighted by atomic mass is 16.6. The number of rotatable bonds is 17. The standard InChI is InChI=1S/C47H52N6O7/c1-32-24-40(58-29-36-18-10-5-11-19-36)25-33(2)41(32)27-42(48)44(55)53(34(3)43(49)54)28-39(26-35-16-8-4-9-17-35)50-45(51-46(56)59-30-37-20-12-6-13-21-37)52-47(57)60-31-38-22-14-7-15-23-38/h4-25,34,39,42H,26-31,48H2,1-3H3,(H2,49,54)(H2,50,51,52,56,57)/t34-,39+,42+/m1/s1. The quantitative estimate of drug-likeness (QED) is 0.0624. The lowest BCUT2D eigenvalue weighted by atomic mass is 9.95. The molecule has 5 aromatic rings. The van der Waals surface area contributed by atoms with Crippen molar-refractivity contribution in [3.63, 3.8) is 0 Å². The summed E-state index contributed by atoms with van der Waals surface area (Å²) in [5.74, 6) is -0.897. The Balaban J connectivity index is 1.39. The number of aliphatic imine (C=N–C) groups is 1. The molecule has 60 heavy (non-hydrogen) atoms. The van der Waals surface area contributed by atoms with E-state index in [-0.39, 0.29) is 38.6 Å². The number of guanidine groups is 1. The van der Waals surface area contributed by atoms with Crippen molar-refractivity contribution in [2.75, 3.05) is 6.54 Å². The predicted molar refractivity (Wildman–Crippen MR) is 230 cm³/mol. The van der Waals surface area contributed by atoms with Gasteiger partial charge >= 0.3 is 12.2 Å². The SMILES string of the molecule is Cc1cc(OCc2ccccc2)cc(C)c1C[C@H](N)C(=O)N(C[C@H](Cc1ccccc1)N=C(NC(=O)OCc1ccccc1)NC(=O)OCc1ccccc1)[C@H](C)C(N)=O. The van der Waals surface area contributed by atoms with E-state index in [9.17, 15) is 19.2 Å². The van der Waals surface area contributed by atoms with E-state index >= 15 is 0 Å². The highest BCUT2D eigenvalue weighted by molar-refractivity contribution is 6.01. The van der Waals surface area contributed by atoms with E-state index in [0.29, 0.717) is 12.4 Å². The van der Waals surface area contributed by atoms with Gasteiger partial charge < -0.3 is 30.6 Å². The molecule has 0 spiro atoms. The fraction of sp³-hybridized carbons (Fsp3) is 0.255. The Morgan fingerprint density at radius 1 is 0.650 bits per heavy atom. The molecular weight excluding hydrogens is 761 g/mol. The molecule has 6 N–H and O–H groups in total. The lowest BCUT2D eigenvalue weighted by molar-refractivity contribution is -0.140. The number of nitrogens with one attached hydrogen (secondary N) is 2. The zero-order valence-corrected chi connectivity index (χ0v) is 34.1. The first kappa shape index (κ1) is 44.1. The first-order valence-electron chi connectivity index (χ1n) is 19.6.